The fraction of sp³-hybridized carbons (Fsp3) is 0.556. The Morgan fingerprint density at radius 1 is 1.71 bits per heavy atom. The summed E-state index contributed by atoms with van der Waals surface area (Å²) >= 11 is 7.60. The van der Waals surface area contributed by atoms with Gasteiger partial charge in [0.15, 0.2) is 0 Å². The standard InChI is InChI=1S/C9H15ClN2OS/c1-3-13-6(2)8(12-11)9-7(10)4-5-14-9/h4-6,8,12H,3,11H2,1-2H3. The second kappa shape index (κ2) is 5.68. The van der Waals surface area contributed by atoms with Gasteiger partial charge in [-0.1, -0.05) is 11.6 Å². The highest BCUT2D eigenvalue weighted by Crippen LogP contribution is 2.30. The molecule has 1 rings (SSSR count). The molecule has 1 heterocycles. The predicted octanol–water partition coefficient (Wildman–Crippen LogP) is 2.33. The number of thiophene rings is 1. The molecule has 0 bridgehead atoms. The SMILES string of the molecule is CCOC(C)C(NN)c1sccc1Cl. The van der Waals surface area contributed by atoms with Crippen molar-refractivity contribution in [2.45, 2.75) is 26.0 Å². The van der Waals surface area contributed by atoms with E-state index in [4.69, 9.17) is 22.2 Å². The number of halogens is 1. The molecule has 2 unspecified atom stereocenters. The van der Waals surface area contributed by atoms with Gasteiger partial charge in [0.05, 0.1) is 17.2 Å². The normalized spacial score (nSPS) is 15.4. The van der Waals surface area contributed by atoms with E-state index in [1.54, 1.807) is 11.3 Å². The molecule has 0 aliphatic heterocycles. The van der Waals surface area contributed by atoms with E-state index in [9.17, 15) is 0 Å². The maximum atomic E-state index is 6.02. The van der Waals surface area contributed by atoms with Gasteiger partial charge in [-0.05, 0) is 25.3 Å². The average molecular weight is 235 g/mol. The van der Waals surface area contributed by atoms with Crippen LogP contribution in [0.15, 0.2) is 11.4 Å². The molecule has 0 spiro atoms. The fourth-order valence-electron chi connectivity index (χ4n) is 1.31. The second-order valence-electron chi connectivity index (χ2n) is 2.94. The topological polar surface area (TPSA) is 47.3 Å². The van der Waals surface area contributed by atoms with Crippen LogP contribution in [0.25, 0.3) is 0 Å². The molecule has 3 nitrogen and oxygen atoms in total. The summed E-state index contributed by atoms with van der Waals surface area (Å²) in [5.74, 6) is 5.48. The Morgan fingerprint density at radius 3 is 2.86 bits per heavy atom. The molecule has 1 aromatic heterocycles. The summed E-state index contributed by atoms with van der Waals surface area (Å²) < 4.78 is 5.48. The predicted molar refractivity (Wildman–Crippen MR) is 60.5 cm³/mol. The quantitative estimate of drug-likeness (QED) is 0.607. The van der Waals surface area contributed by atoms with Crippen molar-refractivity contribution in [3.63, 3.8) is 0 Å². The van der Waals surface area contributed by atoms with E-state index >= 15 is 0 Å². The van der Waals surface area contributed by atoms with E-state index in [1.165, 1.54) is 0 Å². The van der Waals surface area contributed by atoms with Crippen LogP contribution in [-0.2, 0) is 4.74 Å². The Hall–Kier alpha value is -0.130. The molecule has 0 amide bonds. The molecule has 80 valence electrons. The first-order valence-electron chi connectivity index (χ1n) is 4.51. The molecule has 14 heavy (non-hydrogen) atoms. The van der Waals surface area contributed by atoms with Gasteiger partial charge in [0.1, 0.15) is 0 Å². The fourth-order valence-corrected chi connectivity index (χ4v) is 2.64. The summed E-state index contributed by atoms with van der Waals surface area (Å²) in [4.78, 5) is 1.02. The Bertz CT molecular complexity index is 280. The van der Waals surface area contributed by atoms with Crippen molar-refractivity contribution in [1.82, 2.24) is 5.43 Å². The molecule has 2 atom stereocenters. The van der Waals surface area contributed by atoms with Gasteiger partial charge in [-0.3, -0.25) is 5.84 Å². The van der Waals surface area contributed by atoms with Crippen LogP contribution in [-0.4, -0.2) is 12.7 Å². The van der Waals surface area contributed by atoms with E-state index in [1.807, 2.05) is 25.3 Å². The summed E-state index contributed by atoms with van der Waals surface area (Å²) in [5.41, 5.74) is 2.73. The highest BCUT2D eigenvalue weighted by molar-refractivity contribution is 7.10. The summed E-state index contributed by atoms with van der Waals surface area (Å²) in [6.45, 7) is 4.60. The van der Waals surface area contributed by atoms with Gasteiger partial charge < -0.3 is 4.74 Å². The van der Waals surface area contributed by atoms with Crippen molar-refractivity contribution in [3.05, 3.63) is 21.3 Å². The minimum atomic E-state index is -0.0394. The van der Waals surface area contributed by atoms with Crippen molar-refractivity contribution >= 4 is 22.9 Å². The third kappa shape index (κ3) is 2.68. The lowest BCUT2D eigenvalue weighted by Gasteiger charge is -2.22. The van der Waals surface area contributed by atoms with Crippen molar-refractivity contribution in [1.29, 1.82) is 0 Å². The number of hydrazine groups is 1. The molecule has 0 saturated carbocycles. The van der Waals surface area contributed by atoms with Crippen LogP contribution < -0.4 is 11.3 Å². The number of nitrogens with one attached hydrogen (secondary N) is 1. The maximum Gasteiger partial charge on any atom is 0.0826 e. The van der Waals surface area contributed by atoms with Crippen LogP contribution >= 0.6 is 22.9 Å². The third-order valence-corrected chi connectivity index (χ3v) is 3.45. The lowest BCUT2D eigenvalue weighted by atomic mass is 10.1. The van der Waals surface area contributed by atoms with Gasteiger partial charge in [-0.2, -0.15) is 0 Å². The van der Waals surface area contributed by atoms with E-state index in [0.717, 1.165) is 9.90 Å². The van der Waals surface area contributed by atoms with Crippen LogP contribution in [0, 0.1) is 0 Å². The molecule has 1 aromatic rings. The zero-order valence-electron chi connectivity index (χ0n) is 8.29. The molecule has 0 aliphatic rings. The first-order chi connectivity index (χ1) is 6.70. The van der Waals surface area contributed by atoms with Crippen LogP contribution in [0.4, 0.5) is 0 Å². The first-order valence-corrected chi connectivity index (χ1v) is 5.77. The van der Waals surface area contributed by atoms with Gasteiger partial charge in [-0.15, -0.1) is 11.3 Å². The van der Waals surface area contributed by atoms with Gasteiger partial charge in [0.2, 0.25) is 0 Å². The Kier molecular flexibility index (Phi) is 4.84. The minimum Gasteiger partial charge on any atom is -0.377 e. The average Bonchev–Trinajstić information content (AvgIpc) is 2.54. The summed E-state index contributed by atoms with van der Waals surface area (Å²) in [6, 6.07) is 1.83. The van der Waals surface area contributed by atoms with Gasteiger partial charge in [0.25, 0.3) is 0 Å². The Morgan fingerprint density at radius 2 is 2.43 bits per heavy atom. The van der Waals surface area contributed by atoms with Gasteiger partial charge in [-0.25, -0.2) is 5.43 Å². The van der Waals surface area contributed by atoms with E-state index in [0.29, 0.717) is 6.61 Å². The number of hydrogen-bond acceptors (Lipinski definition) is 4. The summed E-state index contributed by atoms with van der Waals surface area (Å²) in [7, 11) is 0. The minimum absolute atomic E-state index is 0.0150. The van der Waals surface area contributed by atoms with Crippen LogP contribution in [0.5, 0.6) is 0 Å². The zero-order valence-corrected chi connectivity index (χ0v) is 9.86. The number of nitrogens with two attached hydrogens (primary N) is 1. The highest BCUT2D eigenvalue weighted by Gasteiger charge is 2.21. The number of ether oxygens (including phenoxy) is 1. The molecule has 3 N–H and O–H groups in total. The lowest BCUT2D eigenvalue weighted by Crippen LogP contribution is -2.36. The molecule has 0 aliphatic carbocycles. The summed E-state index contributed by atoms with van der Waals surface area (Å²) in [5, 5.41) is 2.69. The molecular weight excluding hydrogens is 220 g/mol. The maximum absolute atomic E-state index is 6.02. The van der Waals surface area contributed by atoms with Crippen molar-refractivity contribution in [3.8, 4) is 0 Å². The van der Waals surface area contributed by atoms with Crippen molar-refractivity contribution in [2.75, 3.05) is 6.61 Å². The van der Waals surface area contributed by atoms with E-state index in [2.05, 4.69) is 5.43 Å². The van der Waals surface area contributed by atoms with Crippen LogP contribution in [0.1, 0.15) is 24.8 Å². The largest absolute Gasteiger partial charge is 0.377 e. The molecule has 5 heteroatoms. The Labute approximate surface area is 93.2 Å². The highest BCUT2D eigenvalue weighted by atomic mass is 35.5. The monoisotopic (exact) mass is 234 g/mol. The van der Waals surface area contributed by atoms with Crippen molar-refractivity contribution < 1.29 is 4.74 Å². The van der Waals surface area contributed by atoms with Crippen molar-refractivity contribution in [2.24, 2.45) is 5.84 Å². The van der Waals surface area contributed by atoms with Crippen LogP contribution in [0.2, 0.25) is 5.02 Å². The lowest BCUT2D eigenvalue weighted by molar-refractivity contribution is 0.0482. The second-order valence-corrected chi connectivity index (χ2v) is 4.29. The van der Waals surface area contributed by atoms with Gasteiger partial charge >= 0.3 is 0 Å². The summed E-state index contributed by atoms with van der Waals surface area (Å²) in [6.07, 6.45) is 0.0150. The van der Waals surface area contributed by atoms with Crippen LogP contribution in [0.3, 0.4) is 0 Å². The first kappa shape index (κ1) is 11.9. The van der Waals surface area contributed by atoms with E-state index < -0.39 is 0 Å². The number of rotatable bonds is 5. The van der Waals surface area contributed by atoms with E-state index in [-0.39, 0.29) is 12.1 Å². The zero-order chi connectivity index (χ0) is 10.6. The molecule has 0 fully saturated rings. The molecular formula is C9H15ClN2OS. The molecule has 0 aromatic carbocycles. The third-order valence-electron chi connectivity index (χ3n) is 2.01. The molecule has 0 radical (unpaired) electrons. The number of hydrogen-bond donors (Lipinski definition) is 2. The molecule has 0 saturated heterocycles. The van der Waals surface area contributed by atoms with Gasteiger partial charge in [0, 0.05) is 11.5 Å². The smallest absolute Gasteiger partial charge is 0.0826 e. The Balaban J connectivity index is 2.76.